The molecule has 0 unspecified atom stereocenters. The third-order valence-electron chi connectivity index (χ3n) is 2.91. The predicted octanol–water partition coefficient (Wildman–Crippen LogP) is 2.35. The molecule has 1 aromatic carbocycles. The number of nitrogens with zero attached hydrogens (tertiary/aromatic N) is 3. The summed E-state index contributed by atoms with van der Waals surface area (Å²) in [4.78, 5) is 12.2. The van der Waals surface area contributed by atoms with Gasteiger partial charge in [0, 0.05) is 5.56 Å². The zero-order valence-corrected chi connectivity index (χ0v) is 15.5. The molecule has 0 spiro atoms. The van der Waals surface area contributed by atoms with Crippen LogP contribution >= 0.6 is 24.0 Å². The molecule has 1 amide bonds. The highest BCUT2D eigenvalue weighted by Gasteiger charge is 2.12. The van der Waals surface area contributed by atoms with Crippen LogP contribution in [0.2, 0.25) is 0 Å². The predicted molar refractivity (Wildman–Crippen MR) is 98.2 cm³/mol. The van der Waals surface area contributed by atoms with Crippen molar-refractivity contribution >= 4 is 35.0 Å². The van der Waals surface area contributed by atoms with Gasteiger partial charge in [-0.3, -0.25) is 15.5 Å². The number of aryl methyl sites for hydroxylation is 1. The highest BCUT2D eigenvalue weighted by molar-refractivity contribution is 7.98. The van der Waals surface area contributed by atoms with E-state index in [1.54, 1.807) is 35.9 Å². The van der Waals surface area contributed by atoms with Crippen molar-refractivity contribution in [2.45, 2.75) is 32.0 Å². The van der Waals surface area contributed by atoms with E-state index in [1.807, 2.05) is 20.1 Å². The number of thiocarbonyl (C=S) groups is 1. The molecular formula is C15H19N5O2S2. The normalized spacial score (nSPS) is 10.5. The van der Waals surface area contributed by atoms with Gasteiger partial charge in [-0.15, -0.1) is 10.2 Å². The molecule has 0 fully saturated rings. The maximum absolute atomic E-state index is 12.2. The summed E-state index contributed by atoms with van der Waals surface area (Å²) in [5, 5.41) is 11.4. The van der Waals surface area contributed by atoms with Crippen LogP contribution in [0.25, 0.3) is 0 Å². The maximum Gasteiger partial charge on any atom is 0.257 e. The van der Waals surface area contributed by atoms with Gasteiger partial charge in [-0.1, -0.05) is 11.8 Å². The van der Waals surface area contributed by atoms with Crippen LogP contribution in [-0.2, 0) is 0 Å². The van der Waals surface area contributed by atoms with Gasteiger partial charge in [0.15, 0.2) is 5.11 Å². The molecule has 0 atom stereocenters. The Morgan fingerprint density at radius 2 is 1.96 bits per heavy atom. The van der Waals surface area contributed by atoms with Crippen molar-refractivity contribution in [3.8, 4) is 5.75 Å². The summed E-state index contributed by atoms with van der Waals surface area (Å²) in [6.07, 6.45) is 1.96. The van der Waals surface area contributed by atoms with Crippen LogP contribution in [-0.4, -0.2) is 38.3 Å². The molecule has 1 aromatic heterocycles. The summed E-state index contributed by atoms with van der Waals surface area (Å²) in [6, 6.07) is 6.88. The Balaban J connectivity index is 1.98. The first-order valence-corrected chi connectivity index (χ1v) is 8.89. The van der Waals surface area contributed by atoms with Gasteiger partial charge in [0.1, 0.15) is 11.6 Å². The summed E-state index contributed by atoms with van der Waals surface area (Å²) < 4.78 is 7.17. The molecule has 0 saturated carbocycles. The zero-order chi connectivity index (χ0) is 17.7. The molecule has 2 aromatic rings. The number of nitrogens with one attached hydrogen (secondary N) is 2. The molecule has 128 valence electrons. The molecule has 24 heavy (non-hydrogen) atoms. The Morgan fingerprint density at radius 1 is 1.29 bits per heavy atom. The monoisotopic (exact) mass is 365 g/mol. The number of benzene rings is 1. The minimum atomic E-state index is -0.306. The van der Waals surface area contributed by atoms with E-state index < -0.39 is 0 Å². The first-order chi connectivity index (χ1) is 11.4. The van der Waals surface area contributed by atoms with E-state index in [1.165, 1.54) is 11.8 Å². The molecule has 2 N–H and O–H groups in total. The SMILES string of the molecule is CSc1nnc(C)n1NC(=S)NC(=O)c1ccc(OC(C)C)cc1. The minimum absolute atomic E-state index is 0.0825. The van der Waals surface area contributed by atoms with Gasteiger partial charge < -0.3 is 4.74 Å². The molecule has 1 heterocycles. The summed E-state index contributed by atoms with van der Waals surface area (Å²) >= 11 is 6.60. The third kappa shape index (κ3) is 4.68. The van der Waals surface area contributed by atoms with Gasteiger partial charge >= 0.3 is 0 Å². The number of thioether (sulfide) groups is 1. The Kier molecular flexibility index (Phi) is 6.16. The minimum Gasteiger partial charge on any atom is -0.491 e. The van der Waals surface area contributed by atoms with Crippen molar-refractivity contribution in [3.05, 3.63) is 35.7 Å². The number of amides is 1. The number of carbonyl (C=O) groups excluding carboxylic acids is 1. The topological polar surface area (TPSA) is 81.1 Å². The first kappa shape index (κ1) is 18.2. The van der Waals surface area contributed by atoms with Crippen molar-refractivity contribution in [1.82, 2.24) is 20.2 Å². The van der Waals surface area contributed by atoms with Crippen LogP contribution in [0.15, 0.2) is 29.4 Å². The van der Waals surface area contributed by atoms with E-state index in [0.29, 0.717) is 22.3 Å². The Morgan fingerprint density at radius 3 is 2.54 bits per heavy atom. The second-order valence-corrected chi connectivity index (χ2v) is 6.34. The lowest BCUT2D eigenvalue weighted by Gasteiger charge is -2.13. The van der Waals surface area contributed by atoms with Crippen molar-refractivity contribution in [2.75, 3.05) is 11.7 Å². The lowest BCUT2D eigenvalue weighted by molar-refractivity contribution is 0.0977. The number of ether oxygens (including phenoxy) is 1. The fraction of sp³-hybridized carbons (Fsp3) is 0.333. The van der Waals surface area contributed by atoms with Crippen molar-refractivity contribution in [3.63, 3.8) is 0 Å². The van der Waals surface area contributed by atoms with Crippen LogP contribution in [0.5, 0.6) is 5.75 Å². The highest BCUT2D eigenvalue weighted by Crippen LogP contribution is 2.14. The molecule has 0 saturated heterocycles. The fourth-order valence-electron chi connectivity index (χ4n) is 1.87. The van der Waals surface area contributed by atoms with E-state index >= 15 is 0 Å². The van der Waals surface area contributed by atoms with Crippen LogP contribution < -0.4 is 15.5 Å². The number of hydrogen-bond acceptors (Lipinski definition) is 6. The molecule has 2 rings (SSSR count). The standard InChI is InChI=1S/C15H19N5O2S2/c1-9(2)22-12-7-5-11(6-8-12)13(21)16-14(23)19-20-10(3)17-18-15(20)24-4/h5-9H,1-4H3,(H2,16,19,21,23). The van der Waals surface area contributed by atoms with E-state index in [-0.39, 0.29) is 17.1 Å². The summed E-state index contributed by atoms with van der Waals surface area (Å²) in [6.45, 7) is 5.68. The van der Waals surface area contributed by atoms with E-state index in [9.17, 15) is 4.79 Å². The second-order valence-electron chi connectivity index (χ2n) is 5.16. The van der Waals surface area contributed by atoms with Crippen molar-refractivity contribution in [1.29, 1.82) is 0 Å². The van der Waals surface area contributed by atoms with Gasteiger partial charge in [0.25, 0.3) is 5.91 Å². The zero-order valence-electron chi connectivity index (χ0n) is 13.9. The van der Waals surface area contributed by atoms with Crippen LogP contribution in [0.4, 0.5) is 0 Å². The average molecular weight is 365 g/mol. The van der Waals surface area contributed by atoms with Gasteiger partial charge in [0.2, 0.25) is 5.16 Å². The van der Waals surface area contributed by atoms with Crippen LogP contribution in [0.3, 0.4) is 0 Å². The van der Waals surface area contributed by atoms with E-state index in [0.717, 1.165) is 0 Å². The van der Waals surface area contributed by atoms with Gasteiger partial charge in [-0.2, -0.15) is 0 Å². The van der Waals surface area contributed by atoms with E-state index in [4.69, 9.17) is 17.0 Å². The largest absolute Gasteiger partial charge is 0.491 e. The van der Waals surface area contributed by atoms with Gasteiger partial charge in [-0.25, -0.2) is 4.68 Å². The summed E-state index contributed by atoms with van der Waals surface area (Å²) in [5.74, 6) is 1.05. The van der Waals surface area contributed by atoms with E-state index in [2.05, 4.69) is 20.9 Å². The second kappa shape index (κ2) is 8.11. The average Bonchev–Trinajstić information content (AvgIpc) is 2.87. The molecule has 0 bridgehead atoms. The molecular weight excluding hydrogens is 346 g/mol. The quantitative estimate of drug-likeness (QED) is 0.622. The van der Waals surface area contributed by atoms with Gasteiger partial charge in [-0.05, 0) is 63.5 Å². The molecule has 0 aliphatic carbocycles. The lowest BCUT2D eigenvalue weighted by Crippen LogP contribution is -2.38. The number of rotatable bonds is 5. The van der Waals surface area contributed by atoms with Crippen molar-refractivity contribution in [2.24, 2.45) is 0 Å². The number of aromatic nitrogens is 3. The number of carbonyl (C=O) groups is 1. The third-order valence-corrected chi connectivity index (χ3v) is 3.73. The van der Waals surface area contributed by atoms with Crippen LogP contribution in [0.1, 0.15) is 30.0 Å². The lowest BCUT2D eigenvalue weighted by atomic mass is 10.2. The molecule has 0 radical (unpaired) electrons. The molecule has 0 aliphatic rings. The fourth-order valence-corrected chi connectivity index (χ4v) is 2.53. The highest BCUT2D eigenvalue weighted by atomic mass is 32.2. The molecule has 0 aliphatic heterocycles. The maximum atomic E-state index is 12.2. The Labute approximate surface area is 150 Å². The summed E-state index contributed by atoms with van der Waals surface area (Å²) in [7, 11) is 0. The van der Waals surface area contributed by atoms with Crippen LogP contribution in [0, 0.1) is 6.92 Å². The molecule has 7 nitrogen and oxygen atoms in total. The van der Waals surface area contributed by atoms with Crippen molar-refractivity contribution < 1.29 is 9.53 Å². The first-order valence-electron chi connectivity index (χ1n) is 7.25. The molecule has 9 heteroatoms. The summed E-state index contributed by atoms with van der Waals surface area (Å²) in [5.41, 5.74) is 3.38. The number of hydrogen-bond donors (Lipinski definition) is 2. The van der Waals surface area contributed by atoms with Gasteiger partial charge in [0.05, 0.1) is 6.10 Å². The Bertz CT molecular complexity index is 728. The smallest absolute Gasteiger partial charge is 0.257 e. The Hall–Kier alpha value is -2.13.